The van der Waals surface area contributed by atoms with E-state index in [2.05, 4.69) is 15.5 Å². The van der Waals surface area contributed by atoms with Crippen LogP contribution in [0.5, 0.6) is 0 Å². The lowest BCUT2D eigenvalue weighted by Crippen LogP contribution is -2.61. The van der Waals surface area contributed by atoms with Gasteiger partial charge in [0.25, 0.3) is 5.91 Å². The highest BCUT2D eigenvalue weighted by molar-refractivity contribution is 5.95. The van der Waals surface area contributed by atoms with Gasteiger partial charge in [0.05, 0.1) is 12.0 Å². The zero-order chi connectivity index (χ0) is 19.7. The lowest BCUT2D eigenvalue weighted by molar-refractivity contribution is -0.152. The Morgan fingerprint density at radius 3 is 2.57 bits per heavy atom. The van der Waals surface area contributed by atoms with Gasteiger partial charge in [-0.2, -0.15) is 0 Å². The Labute approximate surface area is 164 Å². The molecule has 2 fully saturated rings. The van der Waals surface area contributed by atoms with Gasteiger partial charge in [-0.1, -0.05) is 12.1 Å². The predicted molar refractivity (Wildman–Crippen MR) is 102 cm³/mol. The Hall–Kier alpha value is -2.77. The molecule has 0 bridgehead atoms. The van der Waals surface area contributed by atoms with Crippen LogP contribution in [0.3, 0.4) is 0 Å². The molecule has 1 aromatic heterocycles. The quantitative estimate of drug-likeness (QED) is 0.805. The summed E-state index contributed by atoms with van der Waals surface area (Å²) in [5, 5.41) is 11.1. The summed E-state index contributed by atoms with van der Waals surface area (Å²) in [5.74, 6) is 0.196. The third-order valence-electron chi connectivity index (χ3n) is 6.38. The maximum absolute atomic E-state index is 13.2. The van der Waals surface area contributed by atoms with Crippen molar-refractivity contribution in [3.05, 3.63) is 41.7 Å². The fourth-order valence-corrected chi connectivity index (χ4v) is 4.74. The molecule has 1 aromatic carbocycles. The van der Waals surface area contributed by atoms with Crippen LogP contribution in [0.25, 0.3) is 0 Å². The molecule has 2 atom stereocenters. The number of aromatic nitrogens is 4. The summed E-state index contributed by atoms with van der Waals surface area (Å²) >= 11 is 0. The second-order valence-corrected chi connectivity index (χ2v) is 7.97. The summed E-state index contributed by atoms with van der Waals surface area (Å²) in [6.07, 6.45) is 5.16. The van der Waals surface area contributed by atoms with Crippen LogP contribution in [-0.4, -0.2) is 68.0 Å². The number of carbonyl (C=O) groups is 2. The van der Waals surface area contributed by atoms with Crippen molar-refractivity contribution in [2.45, 2.75) is 45.2 Å². The number of amides is 2. The summed E-state index contributed by atoms with van der Waals surface area (Å²) in [6.45, 7) is 4.11. The SMILES string of the molecule is C[C@@H]1N(C(=O)c2ccc(Cn3cnnn3)cc2)CCC[C@@]12CCCN(C)C2=O. The van der Waals surface area contributed by atoms with Gasteiger partial charge >= 0.3 is 0 Å². The fraction of sp³-hybridized carbons (Fsp3) is 0.550. The van der Waals surface area contributed by atoms with Gasteiger partial charge in [-0.05, 0) is 60.7 Å². The van der Waals surface area contributed by atoms with Crippen molar-refractivity contribution >= 4 is 11.8 Å². The van der Waals surface area contributed by atoms with Gasteiger partial charge in [-0.25, -0.2) is 4.68 Å². The molecule has 0 N–H and O–H groups in total. The van der Waals surface area contributed by atoms with E-state index in [0.717, 1.165) is 37.8 Å². The first-order valence-corrected chi connectivity index (χ1v) is 9.87. The molecular formula is C20H26N6O2. The van der Waals surface area contributed by atoms with E-state index in [0.29, 0.717) is 18.7 Å². The van der Waals surface area contributed by atoms with Crippen LogP contribution < -0.4 is 0 Å². The summed E-state index contributed by atoms with van der Waals surface area (Å²) in [5.41, 5.74) is 1.25. The fourth-order valence-electron chi connectivity index (χ4n) is 4.74. The van der Waals surface area contributed by atoms with Crippen LogP contribution in [0.15, 0.2) is 30.6 Å². The standard InChI is InChI=1S/C20H26N6O2/c1-15-20(9-3-11-24(2)19(20)28)10-4-12-26(15)18(27)17-7-5-16(6-8-17)13-25-14-21-22-23-25/h5-8,14-15H,3-4,9-13H2,1-2H3/t15-,20-/m0/s1. The minimum Gasteiger partial charge on any atom is -0.345 e. The molecule has 0 radical (unpaired) electrons. The summed E-state index contributed by atoms with van der Waals surface area (Å²) < 4.78 is 1.64. The first-order valence-electron chi connectivity index (χ1n) is 9.87. The summed E-state index contributed by atoms with van der Waals surface area (Å²) in [4.78, 5) is 29.9. The molecule has 0 aliphatic carbocycles. The van der Waals surface area contributed by atoms with Gasteiger partial charge in [-0.15, -0.1) is 5.10 Å². The van der Waals surface area contributed by atoms with Crippen molar-refractivity contribution in [1.82, 2.24) is 30.0 Å². The monoisotopic (exact) mass is 382 g/mol. The molecule has 2 aromatic rings. The van der Waals surface area contributed by atoms with Gasteiger partial charge in [0.2, 0.25) is 5.91 Å². The van der Waals surface area contributed by atoms with E-state index in [-0.39, 0.29) is 17.9 Å². The normalized spacial score (nSPS) is 25.4. The summed E-state index contributed by atoms with van der Waals surface area (Å²) in [7, 11) is 1.88. The molecule has 8 heteroatoms. The predicted octanol–water partition coefficient (Wildman–Crippen LogP) is 1.58. The van der Waals surface area contributed by atoms with E-state index in [1.165, 1.54) is 0 Å². The zero-order valence-electron chi connectivity index (χ0n) is 16.4. The smallest absolute Gasteiger partial charge is 0.254 e. The molecule has 2 aliphatic rings. The van der Waals surface area contributed by atoms with Crippen molar-refractivity contribution < 1.29 is 9.59 Å². The van der Waals surface area contributed by atoms with Crippen molar-refractivity contribution in [1.29, 1.82) is 0 Å². The number of carbonyl (C=O) groups excluding carboxylic acids is 2. The van der Waals surface area contributed by atoms with Gasteiger partial charge < -0.3 is 9.80 Å². The Bertz CT molecular complexity index is 846. The van der Waals surface area contributed by atoms with Crippen LogP contribution in [0.4, 0.5) is 0 Å². The molecule has 4 rings (SSSR count). The van der Waals surface area contributed by atoms with Gasteiger partial charge in [0.1, 0.15) is 6.33 Å². The number of hydrogen-bond donors (Lipinski definition) is 0. The average Bonchev–Trinajstić information content (AvgIpc) is 3.21. The van der Waals surface area contributed by atoms with E-state index in [1.54, 1.807) is 11.0 Å². The molecular weight excluding hydrogens is 356 g/mol. The van der Waals surface area contributed by atoms with Crippen LogP contribution in [0.2, 0.25) is 0 Å². The van der Waals surface area contributed by atoms with Gasteiger partial charge in [-0.3, -0.25) is 9.59 Å². The highest BCUT2D eigenvalue weighted by Crippen LogP contribution is 2.44. The van der Waals surface area contributed by atoms with Crippen LogP contribution in [0.1, 0.15) is 48.5 Å². The van der Waals surface area contributed by atoms with E-state index >= 15 is 0 Å². The highest BCUT2D eigenvalue weighted by atomic mass is 16.2. The molecule has 8 nitrogen and oxygen atoms in total. The topological polar surface area (TPSA) is 84.2 Å². The molecule has 0 saturated carbocycles. The van der Waals surface area contributed by atoms with Crippen LogP contribution >= 0.6 is 0 Å². The van der Waals surface area contributed by atoms with Crippen LogP contribution in [0, 0.1) is 5.41 Å². The molecule has 2 amide bonds. The number of rotatable bonds is 3. The lowest BCUT2D eigenvalue weighted by atomic mass is 9.68. The van der Waals surface area contributed by atoms with Gasteiger partial charge in [0, 0.05) is 31.7 Å². The molecule has 0 unspecified atom stereocenters. The molecule has 2 aliphatic heterocycles. The van der Waals surface area contributed by atoms with Gasteiger partial charge in [0.15, 0.2) is 0 Å². The number of nitrogens with zero attached hydrogens (tertiary/aromatic N) is 6. The van der Waals surface area contributed by atoms with Crippen molar-refractivity contribution in [2.75, 3.05) is 20.1 Å². The second-order valence-electron chi connectivity index (χ2n) is 7.97. The second kappa shape index (κ2) is 7.33. The lowest BCUT2D eigenvalue weighted by Gasteiger charge is -2.51. The molecule has 1 spiro atoms. The van der Waals surface area contributed by atoms with Crippen LogP contribution in [-0.2, 0) is 11.3 Å². The van der Waals surface area contributed by atoms with Crippen molar-refractivity contribution in [3.8, 4) is 0 Å². The maximum Gasteiger partial charge on any atom is 0.254 e. The number of piperidine rings is 2. The highest BCUT2D eigenvalue weighted by Gasteiger charge is 2.51. The average molecular weight is 382 g/mol. The number of likely N-dealkylation sites (tertiary alicyclic amines) is 2. The Morgan fingerprint density at radius 1 is 1.18 bits per heavy atom. The Kier molecular flexibility index (Phi) is 4.87. The van der Waals surface area contributed by atoms with Crippen molar-refractivity contribution in [3.63, 3.8) is 0 Å². The maximum atomic E-state index is 13.2. The molecule has 148 valence electrons. The number of hydrogen-bond acceptors (Lipinski definition) is 5. The van der Waals surface area contributed by atoms with Crippen molar-refractivity contribution in [2.24, 2.45) is 5.41 Å². The Morgan fingerprint density at radius 2 is 1.89 bits per heavy atom. The van der Waals surface area contributed by atoms with E-state index in [1.807, 2.05) is 48.0 Å². The molecule has 2 saturated heterocycles. The molecule has 3 heterocycles. The summed E-state index contributed by atoms with van der Waals surface area (Å²) in [6, 6.07) is 7.47. The first-order chi connectivity index (χ1) is 13.5. The minimum atomic E-state index is -0.430. The van der Waals surface area contributed by atoms with E-state index in [9.17, 15) is 9.59 Å². The van der Waals surface area contributed by atoms with E-state index in [4.69, 9.17) is 0 Å². The third-order valence-corrected chi connectivity index (χ3v) is 6.38. The number of tetrazole rings is 1. The van der Waals surface area contributed by atoms with E-state index < -0.39 is 5.41 Å². The minimum absolute atomic E-state index is 0.00146. The first kappa shape index (κ1) is 18.6. The number of benzene rings is 1. The third kappa shape index (κ3) is 3.16. The largest absolute Gasteiger partial charge is 0.345 e. The Balaban J connectivity index is 1.51. The molecule has 28 heavy (non-hydrogen) atoms. The zero-order valence-corrected chi connectivity index (χ0v) is 16.4.